The molecule has 1 amide bonds. The first-order valence-corrected chi connectivity index (χ1v) is 9.68. The third-order valence-corrected chi connectivity index (χ3v) is 5.58. The first-order valence-electron chi connectivity index (χ1n) is 9.68. The second-order valence-electron chi connectivity index (χ2n) is 7.37. The second-order valence-corrected chi connectivity index (χ2v) is 7.37. The topological polar surface area (TPSA) is 55.1 Å². The lowest BCUT2D eigenvalue weighted by molar-refractivity contribution is -0.121. The van der Waals surface area contributed by atoms with E-state index in [9.17, 15) is 9.18 Å². The molecule has 0 aliphatic heterocycles. The lowest BCUT2D eigenvalue weighted by atomic mass is 9.64. The highest BCUT2D eigenvalue weighted by Gasteiger charge is 2.38. The van der Waals surface area contributed by atoms with Gasteiger partial charge in [-0.15, -0.1) is 0 Å². The molecule has 3 aromatic rings. The summed E-state index contributed by atoms with van der Waals surface area (Å²) in [6.07, 6.45) is 5.58. The fourth-order valence-electron chi connectivity index (χ4n) is 3.75. The first-order chi connectivity index (χ1) is 13.7. The molecule has 1 aromatic heterocycles. The smallest absolute Gasteiger partial charge is 0.220 e. The van der Waals surface area contributed by atoms with Gasteiger partial charge in [0, 0.05) is 24.8 Å². The first kappa shape index (κ1) is 18.4. The molecule has 1 fully saturated rings. The van der Waals surface area contributed by atoms with Crippen LogP contribution in [0.4, 0.5) is 4.39 Å². The monoisotopic (exact) mass is 378 g/mol. The number of halogens is 1. The van der Waals surface area contributed by atoms with Crippen molar-refractivity contribution in [3.8, 4) is 11.3 Å². The lowest BCUT2D eigenvalue weighted by Gasteiger charge is -2.42. The highest BCUT2D eigenvalue weighted by atomic mass is 19.1. The van der Waals surface area contributed by atoms with E-state index in [1.165, 1.54) is 24.2 Å². The number of hydrogen-bond donors (Lipinski definition) is 1. The van der Waals surface area contributed by atoms with E-state index in [1.807, 2.05) is 18.2 Å². The Balaban J connectivity index is 1.31. The molecule has 0 atom stereocenters. The molecular formula is C23H23FN2O2. The zero-order valence-corrected chi connectivity index (χ0v) is 15.7. The van der Waals surface area contributed by atoms with Crippen LogP contribution < -0.4 is 5.32 Å². The maximum absolute atomic E-state index is 13.8. The van der Waals surface area contributed by atoms with Crippen molar-refractivity contribution in [2.24, 2.45) is 0 Å². The number of carbonyl (C=O) groups is 1. The molecule has 0 spiro atoms. The van der Waals surface area contributed by atoms with Crippen molar-refractivity contribution in [2.75, 3.05) is 6.54 Å². The van der Waals surface area contributed by atoms with Crippen LogP contribution in [0.1, 0.15) is 37.1 Å². The average molecular weight is 378 g/mol. The summed E-state index contributed by atoms with van der Waals surface area (Å²) >= 11 is 0. The lowest BCUT2D eigenvalue weighted by Crippen LogP contribution is -2.45. The highest BCUT2D eigenvalue weighted by Crippen LogP contribution is 2.43. The number of amides is 1. The van der Waals surface area contributed by atoms with Gasteiger partial charge in [0.15, 0.2) is 11.7 Å². The summed E-state index contributed by atoms with van der Waals surface area (Å²) in [7, 11) is 0. The maximum Gasteiger partial charge on any atom is 0.220 e. The van der Waals surface area contributed by atoms with Crippen LogP contribution >= 0.6 is 0 Å². The minimum atomic E-state index is -0.352. The largest absolute Gasteiger partial charge is 0.441 e. The Morgan fingerprint density at radius 1 is 1.11 bits per heavy atom. The number of oxazole rings is 1. The van der Waals surface area contributed by atoms with E-state index in [1.54, 1.807) is 18.2 Å². The van der Waals surface area contributed by atoms with Crippen molar-refractivity contribution < 1.29 is 13.6 Å². The molecule has 1 saturated carbocycles. The van der Waals surface area contributed by atoms with Crippen LogP contribution in [-0.4, -0.2) is 17.4 Å². The molecule has 1 aliphatic rings. The summed E-state index contributed by atoms with van der Waals surface area (Å²) in [5.74, 6) is 0.448. The summed E-state index contributed by atoms with van der Waals surface area (Å²) in [5, 5.41) is 3.07. The van der Waals surface area contributed by atoms with E-state index < -0.39 is 0 Å². The fraction of sp³-hybridized carbons (Fsp3) is 0.304. The van der Waals surface area contributed by atoms with Crippen molar-refractivity contribution >= 4 is 5.91 Å². The number of aryl methyl sites for hydroxylation is 1. The van der Waals surface area contributed by atoms with Crippen molar-refractivity contribution in [3.05, 3.63) is 78.1 Å². The van der Waals surface area contributed by atoms with Crippen molar-refractivity contribution in [3.63, 3.8) is 0 Å². The van der Waals surface area contributed by atoms with Gasteiger partial charge in [-0.25, -0.2) is 9.37 Å². The molecule has 0 saturated heterocycles. The van der Waals surface area contributed by atoms with E-state index in [2.05, 4.69) is 22.4 Å². The van der Waals surface area contributed by atoms with Crippen molar-refractivity contribution in [1.29, 1.82) is 0 Å². The third kappa shape index (κ3) is 3.84. The van der Waals surface area contributed by atoms with Gasteiger partial charge in [0.25, 0.3) is 0 Å². The molecule has 4 nitrogen and oxygen atoms in total. The Kier molecular flexibility index (Phi) is 5.24. The van der Waals surface area contributed by atoms with Crippen molar-refractivity contribution in [2.45, 2.75) is 37.5 Å². The van der Waals surface area contributed by atoms with Crippen LogP contribution in [0.5, 0.6) is 0 Å². The molecule has 1 N–H and O–H groups in total. The van der Waals surface area contributed by atoms with Gasteiger partial charge < -0.3 is 9.73 Å². The van der Waals surface area contributed by atoms with Crippen LogP contribution in [0.15, 0.2) is 65.2 Å². The quantitative estimate of drug-likeness (QED) is 0.651. The van der Waals surface area contributed by atoms with Gasteiger partial charge in [0.2, 0.25) is 5.91 Å². The van der Waals surface area contributed by atoms with E-state index in [-0.39, 0.29) is 17.1 Å². The van der Waals surface area contributed by atoms with Crippen LogP contribution in [0.2, 0.25) is 0 Å². The summed E-state index contributed by atoms with van der Waals surface area (Å²) < 4.78 is 19.5. The summed E-state index contributed by atoms with van der Waals surface area (Å²) in [4.78, 5) is 16.5. The van der Waals surface area contributed by atoms with Crippen LogP contribution in [0.25, 0.3) is 11.3 Å². The van der Waals surface area contributed by atoms with Gasteiger partial charge in [-0.1, -0.05) is 48.9 Å². The van der Waals surface area contributed by atoms with Gasteiger partial charge in [-0.3, -0.25) is 4.79 Å². The van der Waals surface area contributed by atoms with Gasteiger partial charge in [0.1, 0.15) is 5.82 Å². The summed E-state index contributed by atoms with van der Waals surface area (Å²) in [6, 6.07) is 16.8. The van der Waals surface area contributed by atoms with E-state index in [0.717, 1.165) is 12.8 Å². The predicted octanol–water partition coefficient (Wildman–Crippen LogP) is 4.65. The summed E-state index contributed by atoms with van der Waals surface area (Å²) in [6.45, 7) is 0.655. The molecule has 144 valence electrons. The Bertz CT molecular complexity index is 948. The molecule has 0 bridgehead atoms. The molecule has 2 aromatic carbocycles. The number of nitrogens with zero attached hydrogens (tertiary/aromatic N) is 1. The van der Waals surface area contributed by atoms with Crippen LogP contribution in [-0.2, 0) is 16.6 Å². The zero-order chi connectivity index (χ0) is 19.4. The van der Waals surface area contributed by atoms with Gasteiger partial charge in [-0.2, -0.15) is 0 Å². The number of benzene rings is 2. The zero-order valence-electron chi connectivity index (χ0n) is 15.7. The minimum absolute atomic E-state index is 0.0205. The molecule has 0 radical (unpaired) electrons. The fourth-order valence-corrected chi connectivity index (χ4v) is 3.75. The standard InChI is InChI=1S/C23H23FN2O2/c24-19-10-5-4-9-18(19)20-15-25-22(28-20)12-11-21(27)26-16-23(13-6-14-23)17-7-2-1-3-8-17/h1-5,7-10,15H,6,11-14,16H2,(H,26,27). The maximum atomic E-state index is 13.8. The van der Waals surface area contributed by atoms with Crippen molar-refractivity contribution in [1.82, 2.24) is 10.3 Å². The van der Waals surface area contributed by atoms with E-state index in [0.29, 0.717) is 36.6 Å². The molecule has 0 unspecified atom stereocenters. The van der Waals surface area contributed by atoms with Gasteiger partial charge >= 0.3 is 0 Å². The predicted molar refractivity (Wildman–Crippen MR) is 105 cm³/mol. The SMILES string of the molecule is O=C(CCc1ncc(-c2ccccc2F)o1)NCC1(c2ccccc2)CCC1. The number of hydrogen-bond acceptors (Lipinski definition) is 3. The Morgan fingerprint density at radius 3 is 2.57 bits per heavy atom. The molecule has 1 heterocycles. The Labute approximate surface area is 163 Å². The molecule has 1 aliphatic carbocycles. The van der Waals surface area contributed by atoms with E-state index in [4.69, 9.17) is 4.42 Å². The van der Waals surface area contributed by atoms with E-state index >= 15 is 0 Å². The molecule has 4 rings (SSSR count). The van der Waals surface area contributed by atoms with Crippen LogP contribution in [0.3, 0.4) is 0 Å². The molecule has 5 heteroatoms. The summed E-state index contributed by atoms with van der Waals surface area (Å²) in [5.41, 5.74) is 1.74. The Hall–Kier alpha value is -2.95. The average Bonchev–Trinajstić information content (AvgIpc) is 3.15. The molecular weight excluding hydrogens is 355 g/mol. The second kappa shape index (κ2) is 7.97. The normalized spacial score (nSPS) is 15.0. The minimum Gasteiger partial charge on any atom is -0.441 e. The number of aromatic nitrogens is 1. The number of nitrogens with one attached hydrogen (secondary N) is 1. The third-order valence-electron chi connectivity index (χ3n) is 5.58. The van der Waals surface area contributed by atoms with Gasteiger partial charge in [-0.05, 0) is 30.5 Å². The molecule has 28 heavy (non-hydrogen) atoms. The van der Waals surface area contributed by atoms with Crippen LogP contribution in [0, 0.1) is 5.82 Å². The van der Waals surface area contributed by atoms with Gasteiger partial charge in [0.05, 0.1) is 11.8 Å². The highest BCUT2D eigenvalue weighted by molar-refractivity contribution is 5.76. The number of rotatable bonds is 7. The number of carbonyl (C=O) groups excluding carboxylic acids is 1. The Morgan fingerprint density at radius 2 is 1.86 bits per heavy atom.